The maximum absolute atomic E-state index is 13.9. The van der Waals surface area contributed by atoms with Gasteiger partial charge in [-0.3, -0.25) is 4.98 Å². The van der Waals surface area contributed by atoms with E-state index in [0.717, 1.165) is 47.4 Å². The minimum absolute atomic E-state index is 0.118. The summed E-state index contributed by atoms with van der Waals surface area (Å²) in [6.45, 7) is 5.14. The molecule has 3 heterocycles. The fourth-order valence-corrected chi connectivity index (χ4v) is 5.72. The zero-order valence-electron chi connectivity index (χ0n) is 21.7. The van der Waals surface area contributed by atoms with Crippen LogP contribution >= 0.6 is 12.2 Å². The fraction of sp³-hybridized carbons (Fsp3) is 0.267. The Morgan fingerprint density at radius 2 is 1.69 bits per heavy atom. The smallest absolute Gasteiger partial charge is 0.385 e. The first-order chi connectivity index (χ1) is 18.8. The third-order valence-electron chi connectivity index (χ3n) is 7.12. The molecule has 2 aromatic heterocycles. The number of aromatic nitrogens is 2. The number of nitrogens with one attached hydrogen (secondary N) is 2. The molecule has 1 saturated heterocycles. The van der Waals surface area contributed by atoms with Crippen molar-refractivity contribution in [2.75, 3.05) is 18.4 Å². The van der Waals surface area contributed by atoms with Crippen molar-refractivity contribution in [3.8, 4) is 5.69 Å². The molecule has 0 amide bonds. The van der Waals surface area contributed by atoms with Crippen molar-refractivity contribution < 1.29 is 13.2 Å². The molecule has 0 spiro atoms. The molecule has 1 aliphatic heterocycles. The Labute approximate surface area is 231 Å². The number of nitrogens with zero attached hydrogens (tertiary/aromatic N) is 3. The number of rotatable bonds is 8. The molecule has 2 aromatic carbocycles. The molecule has 5 nitrogen and oxygen atoms in total. The summed E-state index contributed by atoms with van der Waals surface area (Å²) in [6.07, 6.45) is -1.91. The summed E-state index contributed by atoms with van der Waals surface area (Å²) in [4.78, 5) is 6.73. The normalized spacial score (nSPS) is 17.4. The van der Waals surface area contributed by atoms with E-state index >= 15 is 0 Å². The first kappa shape index (κ1) is 26.7. The number of benzene rings is 2. The largest absolute Gasteiger partial charge is 0.418 e. The van der Waals surface area contributed by atoms with Gasteiger partial charge in [-0.05, 0) is 80.5 Å². The van der Waals surface area contributed by atoms with Crippen LogP contribution < -0.4 is 10.6 Å². The molecular weight excluding hydrogens is 519 g/mol. The summed E-state index contributed by atoms with van der Waals surface area (Å²) in [5, 5.41) is 7.49. The van der Waals surface area contributed by atoms with Gasteiger partial charge in [0, 0.05) is 36.4 Å². The molecular formula is C30H30F3N5S. The molecule has 0 radical (unpaired) electrons. The number of para-hydroxylation sites is 2. The summed E-state index contributed by atoms with van der Waals surface area (Å²) in [5.41, 5.74) is 3.72. The highest BCUT2D eigenvalue weighted by Crippen LogP contribution is 2.42. The molecule has 202 valence electrons. The summed E-state index contributed by atoms with van der Waals surface area (Å²) in [5.74, 6) is 0. The second-order valence-electron chi connectivity index (χ2n) is 9.64. The number of anilines is 1. The van der Waals surface area contributed by atoms with E-state index in [0.29, 0.717) is 11.7 Å². The van der Waals surface area contributed by atoms with Gasteiger partial charge in [0.1, 0.15) is 0 Å². The van der Waals surface area contributed by atoms with Crippen molar-refractivity contribution in [1.82, 2.24) is 19.8 Å². The van der Waals surface area contributed by atoms with E-state index < -0.39 is 11.7 Å². The first-order valence-corrected chi connectivity index (χ1v) is 13.3. The molecule has 2 atom stereocenters. The van der Waals surface area contributed by atoms with Crippen LogP contribution in [0.25, 0.3) is 5.69 Å². The number of alkyl halides is 3. The van der Waals surface area contributed by atoms with Crippen LogP contribution in [-0.2, 0) is 6.18 Å². The van der Waals surface area contributed by atoms with E-state index in [1.54, 1.807) is 16.8 Å². The summed E-state index contributed by atoms with van der Waals surface area (Å²) in [7, 11) is 0. The predicted octanol–water partition coefficient (Wildman–Crippen LogP) is 6.98. The van der Waals surface area contributed by atoms with Gasteiger partial charge in [0.05, 0.1) is 29.0 Å². The molecule has 5 rings (SSSR count). The van der Waals surface area contributed by atoms with Crippen LogP contribution in [0.2, 0.25) is 0 Å². The number of pyridine rings is 1. The van der Waals surface area contributed by atoms with Gasteiger partial charge in [0.15, 0.2) is 5.11 Å². The van der Waals surface area contributed by atoms with Crippen molar-refractivity contribution in [3.63, 3.8) is 0 Å². The summed E-state index contributed by atoms with van der Waals surface area (Å²) >= 11 is 5.79. The van der Waals surface area contributed by atoms with Crippen molar-refractivity contribution in [1.29, 1.82) is 0 Å². The van der Waals surface area contributed by atoms with E-state index in [9.17, 15) is 13.2 Å². The molecule has 9 heteroatoms. The summed E-state index contributed by atoms with van der Waals surface area (Å²) < 4.78 is 43.5. The quantitative estimate of drug-likeness (QED) is 0.183. The highest BCUT2D eigenvalue weighted by atomic mass is 32.1. The van der Waals surface area contributed by atoms with E-state index in [1.165, 1.54) is 12.1 Å². The predicted molar refractivity (Wildman–Crippen MR) is 152 cm³/mol. The SMILES string of the molecule is Cc1cc([C@@H]2[C@@H](c3ccccn3)NC(=S)N2CCCNc2ccccc2)c(C)n1-c1ccccc1C(F)(F)F. The van der Waals surface area contributed by atoms with E-state index in [1.807, 2.05) is 68.4 Å². The second kappa shape index (κ2) is 11.1. The van der Waals surface area contributed by atoms with Gasteiger partial charge < -0.3 is 20.1 Å². The van der Waals surface area contributed by atoms with Crippen molar-refractivity contribution in [2.24, 2.45) is 0 Å². The average molecular weight is 550 g/mol. The van der Waals surface area contributed by atoms with Gasteiger partial charge in [-0.15, -0.1) is 0 Å². The second-order valence-corrected chi connectivity index (χ2v) is 10.0. The maximum Gasteiger partial charge on any atom is 0.418 e. The van der Waals surface area contributed by atoms with Crippen LogP contribution in [0.3, 0.4) is 0 Å². The van der Waals surface area contributed by atoms with Gasteiger partial charge >= 0.3 is 6.18 Å². The van der Waals surface area contributed by atoms with E-state index in [4.69, 9.17) is 12.2 Å². The lowest BCUT2D eigenvalue weighted by atomic mass is 9.96. The third-order valence-corrected chi connectivity index (χ3v) is 7.47. The number of hydrogen-bond acceptors (Lipinski definition) is 3. The topological polar surface area (TPSA) is 45.1 Å². The molecule has 0 unspecified atom stereocenters. The van der Waals surface area contributed by atoms with Crippen LogP contribution in [0.5, 0.6) is 0 Å². The first-order valence-electron chi connectivity index (χ1n) is 12.9. The molecule has 1 fully saturated rings. The van der Waals surface area contributed by atoms with Crippen LogP contribution in [0, 0.1) is 13.8 Å². The Hall–Kier alpha value is -3.85. The molecule has 0 saturated carbocycles. The Balaban J connectivity index is 1.50. The number of thiocarbonyl (C=S) groups is 1. The van der Waals surface area contributed by atoms with E-state index in [-0.39, 0.29) is 17.8 Å². The number of hydrogen-bond donors (Lipinski definition) is 2. The van der Waals surface area contributed by atoms with Gasteiger partial charge in [-0.1, -0.05) is 36.4 Å². The Morgan fingerprint density at radius 3 is 2.41 bits per heavy atom. The zero-order chi connectivity index (χ0) is 27.6. The van der Waals surface area contributed by atoms with Gasteiger partial charge in [-0.2, -0.15) is 13.2 Å². The zero-order valence-corrected chi connectivity index (χ0v) is 22.6. The number of aryl methyl sites for hydroxylation is 1. The molecule has 0 bridgehead atoms. The third kappa shape index (κ3) is 5.49. The van der Waals surface area contributed by atoms with Crippen LogP contribution in [0.4, 0.5) is 18.9 Å². The van der Waals surface area contributed by atoms with Crippen molar-refractivity contribution in [2.45, 2.75) is 38.5 Å². The lowest BCUT2D eigenvalue weighted by molar-refractivity contribution is -0.137. The maximum atomic E-state index is 13.9. The monoisotopic (exact) mass is 549 g/mol. The molecule has 4 aromatic rings. The lowest BCUT2D eigenvalue weighted by Crippen LogP contribution is -2.31. The van der Waals surface area contributed by atoms with E-state index in [2.05, 4.69) is 20.5 Å². The summed E-state index contributed by atoms with van der Waals surface area (Å²) in [6, 6.07) is 22.9. The minimum atomic E-state index is -4.47. The standard InChI is InChI=1S/C30H30F3N5S/c1-20-19-23(21(2)38(20)26-15-7-6-13-24(26)30(31,32)33)28-27(25-14-8-9-16-35-25)36-29(39)37(28)18-10-17-34-22-11-4-3-5-12-22/h3-9,11-16,19,27-28,34H,10,17-18H2,1-2H3,(H,36,39)/t27-,28-/m1/s1. The molecule has 39 heavy (non-hydrogen) atoms. The van der Waals surface area contributed by atoms with Gasteiger partial charge in [0.25, 0.3) is 0 Å². The number of halogens is 3. The van der Waals surface area contributed by atoms with Crippen molar-refractivity contribution in [3.05, 3.63) is 113 Å². The van der Waals surface area contributed by atoms with Crippen molar-refractivity contribution >= 4 is 23.0 Å². The highest BCUT2D eigenvalue weighted by Gasteiger charge is 2.41. The molecule has 1 aliphatic rings. The fourth-order valence-electron chi connectivity index (χ4n) is 5.39. The molecule has 2 N–H and O–H groups in total. The highest BCUT2D eigenvalue weighted by molar-refractivity contribution is 7.80. The van der Waals surface area contributed by atoms with Gasteiger partial charge in [0.2, 0.25) is 0 Å². The Morgan fingerprint density at radius 1 is 0.974 bits per heavy atom. The van der Waals surface area contributed by atoms with Gasteiger partial charge in [-0.25, -0.2) is 0 Å². The Kier molecular flexibility index (Phi) is 7.61. The lowest BCUT2D eigenvalue weighted by Gasteiger charge is -2.28. The minimum Gasteiger partial charge on any atom is -0.385 e. The van der Waals surface area contributed by atoms with Crippen LogP contribution in [0.1, 0.15) is 46.7 Å². The van der Waals surface area contributed by atoms with Crippen LogP contribution in [0.15, 0.2) is 85.1 Å². The molecule has 0 aliphatic carbocycles. The average Bonchev–Trinajstić information content (AvgIpc) is 3.41. The van der Waals surface area contributed by atoms with Crippen LogP contribution in [-0.4, -0.2) is 32.7 Å². The Bertz CT molecular complexity index is 1440.